The summed E-state index contributed by atoms with van der Waals surface area (Å²) in [5, 5.41) is 2.65. The molecule has 2 aliphatic heterocycles. The van der Waals surface area contributed by atoms with Gasteiger partial charge in [0.1, 0.15) is 4.88 Å². The maximum atomic E-state index is 12.8. The van der Waals surface area contributed by atoms with Crippen molar-refractivity contribution in [2.24, 2.45) is 0 Å². The molecule has 1 aromatic rings. The van der Waals surface area contributed by atoms with Crippen LogP contribution in [0.2, 0.25) is 0 Å². The van der Waals surface area contributed by atoms with E-state index in [4.69, 9.17) is 0 Å². The Kier molecular flexibility index (Phi) is 3.27. The summed E-state index contributed by atoms with van der Waals surface area (Å²) in [5.41, 5.74) is 0.464. The van der Waals surface area contributed by atoms with E-state index in [2.05, 4.69) is 10.3 Å². The van der Waals surface area contributed by atoms with Crippen molar-refractivity contribution in [1.82, 2.24) is 20.1 Å². The number of rotatable bonds is 1. The van der Waals surface area contributed by atoms with Gasteiger partial charge < -0.3 is 15.1 Å². The quantitative estimate of drug-likeness (QED) is 0.840. The van der Waals surface area contributed by atoms with Gasteiger partial charge in [-0.3, -0.25) is 4.79 Å². The molecule has 10 heteroatoms. The summed E-state index contributed by atoms with van der Waals surface area (Å²) in [6, 6.07) is -0.389. The van der Waals surface area contributed by atoms with Gasteiger partial charge in [-0.05, 0) is 0 Å². The van der Waals surface area contributed by atoms with E-state index in [0.29, 0.717) is 24.4 Å². The van der Waals surface area contributed by atoms with E-state index in [1.54, 1.807) is 4.90 Å². The minimum Gasteiger partial charge on any atom is -0.336 e. The third-order valence-corrected chi connectivity index (χ3v) is 4.42. The zero-order valence-corrected chi connectivity index (χ0v) is 11.5. The summed E-state index contributed by atoms with van der Waals surface area (Å²) in [5.74, 6) is -0.734. The summed E-state index contributed by atoms with van der Waals surface area (Å²) < 4.78 is 38.4. The summed E-state index contributed by atoms with van der Waals surface area (Å²) in [6.45, 7) is 1.13. The largest absolute Gasteiger partial charge is 0.427 e. The van der Waals surface area contributed by atoms with E-state index < -0.39 is 22.7 Å². The number of hydrogen-bond donors (Lipinski definition) is 1. The summed E-state index contributed by atoms with van der Waals surface area (Å²) in [7, 11) is 0. The Bertz CT molecular complexity index is 588. The molecule has 1 unspecified atom stereocenters. The number of aromatic nitrogens is 1. The average Bonchev–Trinajstić information content (AvgIpc) is 3.04. The van der Waals surface area contributed by atoms with Gasteiger partial charge in [0.15, 0.2) is 5.69 Å². The molecule has 2 saturated heterocycles. The van der Waals surface area contributed by atoms with Gasteiger partial charge in [0, 0.05) is 26.2 Å². The van der Waals surface area contributed by atoms with Crippen LogP contribution in [0.4, 0.5) is 18.0 Å². The highest BCUT2D eigenvalue weighted by molar-refractivity contribution is 7.10. The number of thiazole rings is 1. The number of hydrogen-bond acceptors (Lipinski definition) is 4. The zero-order chi connectivity index (χ0) is 15.2. The molecule has 1 N–H and O–H groups in total. The second kappa shape index (κ2) is 4.86. The average molecular weight is 320 g/mol. The van der Waals surface area contributed by atoms with Gasteiger partial charge in [0.2, 0.25) is 0 Å². The van der Waals surface area contributed by atoms with Gasteiger partial charge >= 0.3 is 12.2 Å². The number of piperazine rings is 1. The fraction of sp³-hybridized carbons (Fsp3) is 0.545. The Labute approximate surface area is 121 Å². The predicted molar refractivity (Wildman–Crippen MR) is 66.9 cm³/mol. The standard InChI is InChI=1S/C11H11F3N4O2S/c12-11(13,14)8-7(16-5-21-8)9(19)17-1-2-18-6(4-17)3-15-10(18)20/h5-6H,1-4H2,(H,15,20). The van der Waals surface area contributed by atoms with Crippen LogP contribution < -0.4 is 5.32 Å². The van der Waals surface area contributed by atoms with Crippen LogP contribution in [0.5, 0.6) is 0 Å². The molecule has 2 fully saturated rings. The maximum absolute atomic E-state index is 12.8. The normalized spacial score (nSPS) is 22.2. The number of halogens is 3. The molecule has 3 heterocycles. The molecular formula is C11H11F3N4O2S. The van der Waals surface area contributed by atoms with Crippen LogP contribution >= 0.6 is 11.3 Å². The first-order valence-corrected chi connectivity index (χ1v) is 7.10. The van der Waals surface area contributed by atoms with Crippen LogP contribution in [-0.2, 0) is 6.18 Å². The van der Waals surface area contributed by atoms with Crippen molar-refractivity contribution in [2.75, 3.05) is 26.2 Å². The number of nitrogens with one attached hydrogen (secondary N) is 1. The number of nitrogens with zero attached hydrogens (tertiary/aromatic N) is 3. The summed E-state index contributed by atoms with van der Waals surface area (Å²) in [4.78, 5) is 29.2. The molecule has 0 saturated carbocycles. The molecule has 0 bridgehead atoms. The second-order valence-electron chi connectivity index (χ2n) is 4.81. The summed E-state index contributed by atoms with van der Waals surface area (Å²) >= 11 is 0.408. The van der Waals surface area contributed by atoms with Crippen molar-refractivity contribution < 1.29 is 22.8 Å². The molecule has 114 valence electrons. The highest BCUT2D eigenvalue weighted by Gasteiger charge is 2.42. The molecule has 21 heavy (non-hydrogen) atoms. The van der Waals surface area contributed by atoms with Crippen LogP contribution in [0.25, 0.3) is 0 Å². The third-order valence-electron chi connectivity index (χ3n) is 3.55. The third kappa shape index (κ3) is 2.43. The maximum Gasteiger partial charge on any atom is 0.427 e. The molecule has 2 aliphatic rings. The van der Waals surface area contributed by atoms with Gasteiger partial charge in [-0.25, -0.2) is 9.78 Å². The Morgan fingerprint density at radius 3 is 2.90 bits per heavy atom. The smallest absolute Gasteiger partial charge is 0.336 e. The predicted octanol–water partition coefficient (Wildman–Crippen LogP) is 1.01. The first-order chi connectivity index (χ1) is 9.88. The molecule has 0 spiro atoms. The Balaban J connectivity index is 1.78. The van der Waals surface area contributed by atoms with Crippen molar-refractivity contribution in [3.63, 3.8) is 0 Å². The number of fused-ring (bicyclic) bond motifs is 1. The van der Waals surface area contributed by atoms with Crippen LogP contribution in [0.1, 0.15) is 15.4 Å². The highest BCUT2D eigenvalue weighted by Crippen LogP contribution is 2.35. The number of carbonyl (C=O) groups is 2. The van der Waals surface area contributed by atoms with E-state index in [-0.39, 0.29) is 25.2 Å². The lowest BCUT2D eigenvalue weighted by Gasteiger charge is -2.36. The van der Waals surface area contributed by atoms with E-state index >= 15 is 0 Å². The Hall–Kier alpha value is -1.84. The van der Waals surface area contributed by atoms with Crippen molar-refractivity contribution in [3.05, 3.63) is 16.1 Å². The first-order valence-electron chi connectivity index (χ1n) is 6.22. The van der Waals surface area contributed by atoms with Crippen LogP contribution in [-0.4, -0.2) is 58.9 Å². The SMILES string of the molecule is O=C(c1ncsc1C(F)(F)F)N1CCN2C(=O)NCC2C1. The van der Waals surface area contributed by atoms with Gasteiger partial charge in [0.05, 0.1) is 11.6 Å². The lowest BCUT2D eigenvalue weighted by Crippen LogP contribution is -2.54. The second-order valence-corrected chi connectivity index (χ2v) is 5.67. The molecule has 0 aliphatic carbocycles. The molecule has 0 radical (unpaired) electrons. The fourth-order valence-corrected chi connectivity index (χ4v) is 3.19. The molecule has 3 amide bonds. The molecular weight excluding hydrogens is 309 g/mol. The van der Waals surface area contributed by atoms with E-state index in [9.17, 15) is 22.8 Å². The highest BCUT2D eigenvalue weighted by atomic mass is 32.1. The number of carbonyl (C=O) groups excluding carboxylic acids is 2. The molecule has 1 atom stereocenters. The van der Waals surface area contributed by atoms with Crippen molar-refractivity contribution in [1.29, 1.82) is 0 Å². The van der Waals surface area contributed by atoms with E-state index in [0.717, 1.165) is 5.51 Å². The van der Waals surface area contributed by atoms with Gasteiger partial charge in [-0.15, -0.1) is 11.3 Å². The van der Waals surface area contributed by atoms with Crippen LogP contribution in [0.3, 0.4) is 0 Å². The molecule has 3 rings (SSSR count). The van der Waals surface area contributed by atoms with Crippen molar-refractivity contribution >= 4 is 23.3 Å². The van der Waals surface area contributed by atoms with Crippen molar-refractivity contribution in [2.45, 2.75) is 12.2 Å². The topological polar surface area (TPSA) is 65.5 Å². The Morgan fingerprint density at radius 2 is 2.19 bits per heavy atom. The van der Waals surface area contributed by atoms with Gasteiger partial charge in [-0.1, -0.05) is 0 Å². The van der Waals surface area contributed by atoms with E-state index in [1.165, 1.54) is 4.90 Å². The minimum absolute atomic E-state index is 0.192. The van der Waals surface area contributed by atoms with E-state index in [1.807, 2.05) is 0 Å². The molecule has 1 aromatic heterocycles. The number of amides is 3. The first kappa shape index (κ1) is 14.1. The molecule has 6 nitrogen and oxygen atoms in total. The van der Waals surface area contributed by atoms with Crippen molar-refractivity contribution in [3.8, 4) is 0 Å². The van der Waals surface area contributed by atoms with Crippen LogP contribution in [0.15, 0.2) is 5.51 Å². The number of urea groups is 1. The fourth-order valence-electron chi connectivity index (χ4n) is 2.54. The van der Waals surface area contributed by atoms with Gasteiger partial charge in [0.25, 0.3) is 5.91 Å². The number of alkyl halides is 3. The summed E-state index contributed by atoms with van der Waals surface area (Å²) in [6.07, 6.45) is -4.58. The molecule has 0 aromatic carbocycles. The van der Waals surface area contributed by atoms with Gasteiger partial charge in [-0.2, -0.15) is 13.2 Å². The Morgan fingerprint density at radius 1 is 1.43 bits per heavy atom. The minimum atomic E-state index is -4.58. The van der Waals surface area contributed by atoms with Crippen LogP contribution in [0, 0.1) is 0 Å². The zero-order valence-electron chi connectivity index (χ0n) is 10.7. The monoisotopic (exact) mass is 320 g/mol. The lowest BCUT2D eigenvalue weighted by molar-refractivity contribution is -0.134. The lowest BCUT2D eigenvalue weighted by atomic mass is 10.2.